The first-order chi connectivity index (χ1) is 13.8. The molecule has 5 aromatic rings. The summed E-state index contributed by atoms with van der Waals surface area (Å²) in [5, 5.41) is 5.20. The summed E-state index contributed by atoms with van der Waals surface area (Å²) < 4.78 is 7.51. The minimum absolute atomic E-state index is 0.00373. The Bertz CT molecular complexity index is 1500. The number of rotatable bonds is 2. The lowest BCUT2D eigenvalue weighted by Crippen LogP contribution is -2.33. The highest BCUT2D eigenvalue weighted by molar-refractivity contribution is 9.09. The van der Waals surface area contributed by atoms with Crippen LogP contribution in [0.15, 0.2) is 56.5 Å². The van der Waals surface area contributed by atoms with Gasteiger partial charge in [0, 0.05) is 38.8 Å². The molecular formula is C24H20BrNO3. The van der Waals surface area contributed by atoms with Crippen LogP contribution in [0.1, 0.15) is 26.3 Å². The maximum Gasteiger partial charge on any atom is 0.261 e. The van der Waals surface area contributed by atoms with Crippen LogP contribution in [-0.4, -0.2) is 9.90 Å². The Balaban J connectivity index is 2.02. The van der Waals surface area contributed by atoms with Gasteiger partial charge in [0.1, 0.15) is 11.2 Å². The molecule has 2 heterocycles. The number of hydrogen-bond acceptors (Lipinski definition) is 3. The van der Waals surface area contributed by atoms with E-state index in [0.717, 1.165) is 21.7 Å². The Labute approximate surface area is 175 Å². The third-order valence-corrected chi connectivity index (χ3v) is 6.09. The van der Waals surface area contributed by atoms with Gasteiger partial charge in [-0.2, -0.15) is 0 Å². The highest BCUT2D eigenvalue weighted by Gasteiger charge is 2.20. The topological polar surface area (TPSA) is 52.2 Å². The summed E-state index contributed by atoms with van der Waals surface area (Å²) in [4.78, 5) is 26.0. The number of aromatic nitrogens is 1. The molecule has 0 amide bonds. The number of hydrogen-bond donors (Lipinski definition) is 0. The second-order valence-electron chi connectivity index (χ2n) is 8.54. The fourth-order valence-corrected chi connectivity index (χ4v) is 4.57. The molecule has 0 aliphatic carbocycles. The largest absolute Gasteiger partial charge is 0.456 e. The average molecular weight is 450 g/mol. The van der Waals surface area contributed by atoms with E-state index in [9.17, 15) is 9.59 Å². The molecule has 0 fully saturated rings. The predicted molar refractivity (Wildman–Crippen MR) is 123 cm³/mol. The van der Waals surface area contributed by atoms with Gasteiger partial charge in [-0.3, -0.25) is 14.2 Å². The zero-order chi connectivity index (χ0) is 20.5. The molecule has 0 saturated carbocycles. The molecule has 4 nitrogen and oxygen atoms in total. The fourth-order valence-electron chi connectivity index (χ4n) is 4.22. The van der Waals surface area contributed by atoms with Gasteiger partial charge in [0.25, 0.3) is 11.1 Å². The van der Waals surface area contributed by atoms with E-state index in [1.165, 1.54) is 10.1 Å². The van der Waals surface area contributed by atoms with E-state index in [2.05, 4.69) is 48.8 Å². The summed E-state index contributed by atoms with van der Waals surface area (Å²) in [6.45, 7) is 6.88. The van der Waals surface area contributed by atoms with Crippen molar-refractivity contribution >= 4 is 59.4 Å². The molecule has 0 bridgehead atoms. The van der Waals surface area contributed by atoms with E-state index < -0.39 is 0 Å². The van der Waals surface area contributed by atoms with Crippen molar-refractivity contribution in [3.63, 3.8) is 0 Å². The molecule has 0 aliphatic rings. The SMILES string of the molecule is CC(C)(C)c1ccc2oc3ccc4c(=O)n(CCBr)c(=O)c5ccc(c2c1)c3c45. The van der Waals surface area contributed by atoms with Crippen molar-refractivity contribution in [1.29, 1.82) is 0 Å². The molecule has 29 heavy (non-hydrogen) atoms. The van der Waals surface area contributed by atoms with E-state index >= 15 is 0 Å². The highest BCUT2D eigenvalue weighted by atomic mass is 79.9. The monoisotopic (exact) mass is 449 g/mol. The molecule has 146 valence electrons. The van der Waals surface area contributed by atoms with Gasteiger partial charge in [-0.1, -0.05) is 48.8 Å². The molecule has 0 radical (unpaired) electrons. The van der Waals surface area contributed by atoms with Crippen LogP contribution in [0.25, 0.3) is 43.5 Å². The van der Waals surface area contributed by atoms with Gasteiger partial charge in [0.2, 0.25) is 0 Å². The summed E-state index contributed by atoms with van der Waals surface area (Å²) in [6, 6.07) is 13.7. The van der Waals surface area contributed by atoms with Gasteiger partial charge in [-0.15, -0.1) is 0 Å². The maximum atomic E-state index is 13.0. The summed E-state index contributed by atoms with van der Waals surface area (Å²) in [7, 11) is 0. The summed E-state index contributed by atoms with van der Waals surface area (Å²) in [5.41, 5.74) is 2.19. The second-order valence-corrected chi connectivity index (χ2v) is 9.33. The van der Waals surface area contributed by atoms with Crippen LogP contribution in [0.4, 0.5) is 0 Å². The van der Waals surface area contributed by atoms with Crippen LogP contribution in [-0.2, 0) is 12.0 Å². The van der Waals surface area contributed by atoms with Crippen molar-refractivity contribution in [1.82, 2.24) is 4.57 Å². The maximum absolute atomic E-state index is 13.0. The Kier molecular flexibility index (Phi) is 3.91. The van der Waals surface area contributed by atoms with Gasteiger partial charge < -0.3 is 4.42 Å². The number of fused-ring (bicyclic) bond motifs is 2. The van der Waals surface area contributed by atoms with Gasteiger partial charge in [0.05, 0.1) is 0 Å². The molecule has 0 aliphatic heterocycles. The van der Waals surface area contributed by atoms with Crippen molar-refractivity contribution in [2.45, 2.75) is 32.7 Å². The Morgan fingerprint density at radius 2 is 1.45 bits per heavy atom. The number of benzene rings is 3. The Hall–Kier alpha value is -2.66. The second kappa shape index (κ2) is 6.17. The predicted octanol–water partition coefficient (Wildman–Crippen LogP) is 5.54. The first-order valence-electron chi connectivity index (χ1n) is 9.66. The molecule has 0 N–H and O–H groups in total. The highest BCUT2D eigenvalue weighted by Crippen LogP contribution is 2.38. The van der Waals surface area contributed by atoms with Crippen molar-refractivity contribution in [2.75, 3.05) is 5.33 Å². The lowest BCUT2D eigenvalue weighted by molar-refractivity contribution is 0.590. The molecule has 0 unspecified atom stereocenters. The standard InChI is InChI=1S/C24H20BrNO3/c1-24(2,3)13-4-8-18-17(12-13)14-5-6-15-20-16(7-9-19(29-18)21(14)20)23(28)26(11-10-25)22(15)27/h4-9,12H,10-11H2,1-3H3. The summed E-state index contributed by atoms with van der Waals surface area (Å²) in [6.07, 6.45) is 0. The van der Waals surface area contributed by atoms with E-state index in [1.54, 1.807) is 6.07 Å². The van der Waals surface area contributed by atoms with Gasteiger partial charge in [0.15, 0.2) is 0 Å². The molecule has 0 spiro atoms. The molecule has 3 aromatic carbocycles. The number of alkyl halides is 1. The molecule has 0 atom stereocenters. The Morgan fingerprint density at radius 3 is 2.10 bits per heavy atom. The zero-order valence-electron chi connectivity index (χ0n) is 16.5. The van der Waals surface area contributed by atoms with E-state index in [-0.39, 0.29) is 16.5 Å². The molecular weight excluding hydrogens is 430 g/mol. The van der Waals surface area contributed by atoms with Gasteiger partial charge in [-0.25, -0.2) is 0 Å². The average Bonchev–Trinajstić information content (AvgIpc) is 2.69. The van der Waals surface area contributed by atoms with Crippen LogP contribution in [0, 0.1) is 0 Å². The quantitative estimate of drug-likeness (QED) is 0.202. The lowest BCUT2D eigenvalue weighted by Gasteiger charge is -2.20. The molecule has 5 heteroatoms. The number of halogens is 1. The number of nitrogens with zero attached hydrogens (tertiary/aromatic N) is 1. The van der Waals surface area contributed by atoms with Crippen molar-refractivity contribution < 1.29 is 4.42 Å². The van der Waals surface area contributed by atoms with Gasteiger partial charge in [-0.05, 0) is 46.7 Å². The van der Waals surface area contributed by atoms with Crippen molar-refractivity contribution in [3.05, 3.63) is 68.7 Å². The Morgan fingerprint density at radius 1 is 0.828 bits per heavy atom. The fraction of sp³-hybridized carbons (Fsp3) is 0.250. The van der Waals surface area contributed by atoms with E-state index in [1.807, 2.05) is 24.3 Å². The third-order valence-electron chi connectivity index (χ3n) is 5.74. The molecule has 2 aromatic heterocycles. The van der Waals surface area contributed by atoms with Gasteiger partial charge >= 0.3 is 0 Å². The minimum Gasteiger partial charge on any atom is -0.456 e. The first kappa shape index (κ1) is 18.4. The zero-order valence-corrected chi connectivity index (χ0v) is 18.1. The third kappa shape index (κ3) is 2.57. The number of pyridine rings is 1. The van der Waals surface area contributed by atoms with Crippen LogP contribution in [0.2, 0.25) is 0 Å². The lowest BCUT2D eigenvalue weighted by atomic mass is 9.85. The van der Waals surface area contributed by atoms with Crippen LogP contribution in [0.3, 0.4) is 0 Å². The minimum atomic E-state index is -0.250. The first-order valence-corrected chi connectivity index (χ1v) is 10.8. The van der Waals surface area contributed by atoms with Crippen LogP contribution < -0.4 is 11.1 Å². The van der Waals surface area contributed by atoms with Crippen LogP contribution >= 0.6 is 15.9 Å². The molecule has 5 rings (SSSR count). The normalized spacial score (nSPS) is 12.7. The van der Waals surface area contributed by atoms with E-state index in [0.29, 0.717) is 33.6 Å². The molecule has 0 saturated heterocycles. The van der Waals surface area contributed by atoms with Crippen LogP contribution in [0.5, 0.6) is 0 Å². The summed E-state index contributed by atoms with van der Waals surface area (Å²) in [5.74, 6) is 0. The van der Waals surface area contributed by atoms with Crippen molar-refractivity contribution in [2.24, 2.45) is 0 Å². The van der Waals surface area contributed by atoms with E-state index in [4.69, 9.17) is 4.42 Å². The summed E-state index contributed by atoms with van der Waals surface area (Å²) >= 11 is 3.33. The van der Waals surface area contributed by atoms with Crippen molar-refractivity contribution in [3.8, 4) is 0 Å². The smallest absolute Gasteiger partial charge is 0.261 e.